The van der Waals surface area contributed by atoms with Crippen molar-refractivity contribution in [2.24, 2.45) is 5.10 Å². The number of rotatable bonds is 11. The first-order chi connectivity index (χ1) is 18.4. The van der Waals surface area contributed by atoms with Crippen LogP contribution in [0.1, 0.15) is 19.4 Å². The van der Waals surface area contributed by atoms with E-state index in [4.69, 9.17) is 25.8 Å². The SMILES string of the molecule is CCOc1ccccc1NC(=O)C(=O)N/N=C\c1ccc(OCC(=O)Nc2cccc(Cl)c2)c(OCC)c1. The van der Waals surface area contributed by atoms with Crippen LogP contribution in [0.15, 0.2) is 71.8 Å². The number of hydrogen-bond acceptors (Lipinski definition) is 7. The molecule has 0 bridgehead atoms. The molecule has 3 aromatic rings. The van der Waals surface area contributed by atoms with Gasteiger partial charge in [0.05, 0.1) is 25.1 Å². The summed E-state index contributed by atoms with van der Waals surface area (Å²) >= 11 is 5.93. The molecule has 0 aromatic heterocycles. The van der Waals surface area contributed by atoms with E-state index in [1.54, 1.807) is 73.7 Å². The minimum absolute atomic E-state index is 0.252. The van der Waals surface area contributed by atoms with Gasteiger partial charge in [-0.05, 0) is 67.9 Å². The molecule has 0 heterocycles. The van der Waals surface area contributed by atoms with Gasteiger partial charge in [-0.25, -0.2) is 5.43 Å². The lowest BCUT2D eigenvalue weighted by molar-refractivity contribution is -0.136. The zero-order valence-corrected chi connectivity index (χ0v) is 21.6. The number of halogens is 1. The number of nitrogens with one attached hydrogen (secondary N) is 3. The van der Waals surface area contributed by atoms with E-state index < -0.39 is 11.8 Å². The fraction of sp³-hybridized carbons (Fsp3) is 0.185. The third kappa shape index (κ3) is 8.52. The Bertz CT molecular complexity index is 1310. The molecule has 0 radical (unpaired) electrons. The zero-order valence-electron chi connectivity index (χ0n) is 20.8. The van der Waals surface area contributed by atoms with Gasteiger partial charge >= 0.3 is 11.8 Å². The maximum absolute atomic E-state index is 12.2. The molecule has 0 aliphatic heterocycles. The molecule has 10 nitrogen and oxygen atoms in total. The van der Waals surface area contributed by atoms with E-state index in [0.29, 0.717) is 52.4 Å². The summed E-state index contributed by atoms with van der Waals surface area (Å²) in [5.41, 5.74) is 3.67. The summed E-state index contributed by atoms with van der Waals surface area (Å²) in [5, 5.41) is 9.53. The van der Waals surface area contributed by atoms with Crippen LogP contribution in [-0.4, -0.2) is 43.8 Å². The number of hydrazone groups is 1. The lowest BCUT2D eigenvalue weighted by Gasteiger charge is -2.13. The second-order valence-corrected chi connectivity index (χ2v) is 8.01. The lowest BCUT2D eigenvalue weighted by atomic mass is 10.2. The van der Waals surface area contributed by atoms with Gasteiger partial charge in [0, 0.05) is 10.7 Å². The van der Waals surface area contributed by atoms with Gasteiger partial charge in [-0.1, -0.05) is 29.8 Å². The molecule has 198 valence electrons. The third-order valence-electron chi connectivity index (χ3n) is 4.76. The smallest absolute Gasteiger partial charge is 0.329 e. The van der Waals surface area contributed by atoms with Crippen molar-refractivity contribution in [3.05, 3.63) is 77.3 Å². The monoisotopic (exact) mass is 538 g/mol. The van der Waals surface area contributed by atoms with Crippen molar-refractivity contribution >= 4 is 46.9 Å². The number of ether oxygens (including phenoxy) is 3. The van der Waals surface area contributed by atoms with Gasteiger partial charge in [0.1, 0.15) is 5.75 Å². The molecule has 0 atom stereocenters. The first-order valence-electron chi connectivity index (χ1n) is 11.7. The molecule has 0 fully saturated rings. The fourth-order valence-corrected chi connectivity index (χ4v) is 3.34. The molecule has 3 amide bonds. The average Bonchev–Trinajstić information content (AvgIpc) is 2.89. The minimum atomic E-state index is -0.955. The summed E-state index contributed by atoms with van der Waals surface area (Å²) in [4.78, 5) is 36.6. The number of carbonyl (C=O) groups excluding carboxylic acids is 3. The molecule has 0 aliphatic carbocycles. The number of anilines is 2. The predicted molar refractivity (Wildman–Crippen MR) is 145 cm³/mol. The quantitative estimate of drug-likeness (QED) is 0.190. The topological polar surface area (TPSA) is 127 Å². The molecule has 0 unspecified atom stereocenters. The molecule has 38 heavy (non-hydrogen) atoms. The van der Waals surface area contributed by atoms with Crippen molar-refractivity contribution in [3.8, 4) is 17.2 Å². The molecule has 3 aromatic carbocycles. The van der Waals surface area contributed by atoms with Crippen molar-refractivity contribution in [1.29, 1.82) is 0 Å². The van der Waals surface area contributed by atoms with Gasteiger partial charge in [0.15, 0.2) is 18.1 Å². The minimum Gasteiger partial charge on any atom is -0.492 e. The zero-order chi connectivity index (χ0) is 27.3. The Morgan fingerprint density at radius 3 is 2.34 bits per heavy atom. The molecular weight excluding hydrogens is 512 g/mol. The largest absolute Gasteiger partial charge is 0.492 e. The van der Waals surface area contributed by atoms with Crippen LogP contribution in [0.5, 0.6) is 17.2 Å². The lowest BCUT2D eigenvalue weighted by Crippen LogP contribution is -2.32. The van der Waals surface area contributed by atoms with Gasteiger partial charge in [0.2, 0.25) is 0 Å². The van der Waals surface area contributed by atoms with Gasteiger partial charge in [-0.3, -0.25) is 14.4 Å². The summed E-state index contributed by atoms with van der Waals surface area (Å²) in [6.45, 7) is 4.13. The van der Waals surface area contributed by atoms with Gasteiger partial charge < -0.3 is 24.8 Å². The van der Waals surface area contributed by atoms with Gasteiger partial charge in [-0.2, -0.15) is 5.10 Å². The Morgan fingerprint density at radius 1 is 0.816 bits per heavy atom. The molecule has 0 aliphatic rings. The predicted octanol–water partition coefficient (Wildman–Crippen LogP) is 4.24. The molecule has 3 rings (SSSR count). The van der Waals surface area contributed by atoms with Crippen molar-refractivity contribution in [2.75, 3.05) is 30.5 Å². The van der Waals surface area contributed by atoms with Gasteiger partial charge in [0.25, 0.3) is 5.91 Å². The van der Waals surface area contributed by atoms with Crippen LogP contribution in [0, 0.1) is 0 Å². The number of nitrogens with zero attached hydrogens (tertiary/aromatic N) is 1. The summed E-state index contributed by atoms with van der Waals surface area (Å²) in [5.74, 6) is -1.05. The highest BCUT2D eigenvalue weighted by Gasteiger charge is 2.15. The van der Waals surface area contributed by atoms with Crippen LogP contribution in [0.2, 0.25) is 5.02 Å². The van der Waals surface area contributed by atoms with E-state index >= 15 is 0 Å². The normalized spacial score (nSPS) is 10.5. The highest BCUT2D eigenvalue weighted by Crippen LogP contribution is 2.28. The third-order valence-corrected chi connectivity index (χ3v) is 4.99. The van der Waals surface area contributed by atoms with Crippen molar-refractivity contribution in [3.63, 3.8) is 0 Å². The number of para-hydroxylation sites is 2. The van der Waals surface area contributed by atoms with Crippen LogP contribution in [0.4, 0.5) is 11.4 Å². The highest BCUT2D eigenvalue weighted by atomic mass is 35.5. The molecule has 0 saturated carbocycles. The van der Waals surface area contributed by atoms with Crippen LogP contribution >= 0.6 is 11.6 Å². The molecule has 0 saturated heterocycles. The van der Waals surface area contributed by atoms with Crippen LogP contribution in [-0.2, 0) is 14.4 Å². The number of hydrogen-bond donors (Lipinski definition) is 3. The summed E-state index contributed by atoms with van der Waals surface area (Å²) in [6, 6.07) is 18.4. The van der Waals surface area contributed by atoms with E-state index in [2.05, 4.69) is 21.2 Å². The van der Waals surface area contributed by atoms with E-state index in [1.807, 2.05) is 6.92 Å². The summed E-state index contributed by atoms with van der Waals surface area (Å²) in [6.07, 6.45) is 1.34. The molecule has 11 heteroatoms. The van der Waals surface area contributed by atoms with Gasteiger partial charge in [-0.15, -0.1) is 0 Å². The summed E-state index contributed by atoms with van der Waals surface area (Å²) < 4.78 is 16.7. The van der Waals surface area contributed by atoms with E-state index in [1.165, 1.54) is 6.21 Å². The number of carbonyl (C=O) groups is 3. The van der Waals surface area contributed by atoms with Crippen LogP contribution in [0.3, 0.4) is 0 Å². The van der Waals surface area contributed by atoms with Crippen molar-refractivity contribution in [1.82, 2.24) is 5.43 Å². The Morgan fingerprint density at radius 2 is 1.58 bits per heavy atom. The van der Waals surface area contributed by atoms with Crippen LogP contribution in [0.25, 0.3) is 0 Å². The van der Waals surface area contributed by atoms with Crippen molar-refractivity contribution < 1.29 is 28.6 Å². The Kier molecular flexibility index (Phi) is 10.5. The van der Waals surface area contributed by atoms with Crippen molar-refractivity contribution in [2.45, 2.75) is 13.8 Å². The number of benzene rings is 3. The molecule has 0 spiro atoms. The fourth-order valence-electron chi connectivity index (χ4n) is 3.15. The van der Waals surface area contributed by atoms with Crippen LogP contribution < -0.4 is 30.3 Å². The van der Waals surface area contributed by atoms with E-state index in [-0.39, 0.29) is 12.5 Å². The maximum Gasteiger partial charge on any atom is 0.329 e. The number of amides is 3. The second kappa shape index (κ2) is 14.2. The highest BCUT2D eigenvalue weighted by molar-refractivity contribution is 6.39. The Balaban J connectivity index is 1.56. The maximum atomic E-state index is 12.2. The summed E-state index contributed by atoms with van der Waals surface area (Å²) in [7, 11) is 0. The van der Waals surface area contributed by atoms with E-state index in [0.717, 1.165) is 0 Å². The molecule has 3 N–H and O–H groups in total. The molecular formula is C27H27ClN4O6. The average molecular weight is 539 g/mol. The first kappa shape index (κ1) is 28.0. The Labute approximate surface area is 224 Å². The standard InChI is InChI=1S/C27H27ClN4O6/c1-3-36-22-11-6-5-10-21(22)31-26(34)27(35)32-29-16-18-12-13-23(24(14-18)37-4-2)38-17-25(33)30-20-9-7-8-19(28)15-20/h5-16H,3-4,17H2,1-2H3,(H,30,33)(H,31,34)(H,32,35)/b29-16-. The first-order valence-corrected chi connectivity index (χ1v) is 12.1. The second-order valence-electron chi connectivity index (χ2n) is 7.57. The van der Waals surface area contributed by atoms with E-state index in [9.17, 15) is 14.4 Å². The Hall–Kier alpha value is -4.57.